The molecule has 0 N–H and O–H groups in total. The summed E-state index contributed by atoms with van der Waals surface area (Å²) in [6, 6.07) is 41.4. The molecule has 2 aliphatic rings. The molecule has 268 valence electrons. The van der Waals surface area contributed by atoms with Crippen molar-refractivity contribution >= 4 is 49.3 Å². The van der Waals surface area contributed by atoms with Crippen molar-refractivity contribution in [1.29, 1.82) is 10.5 Å². The van der Waals surface area contributed by atoms with Gasteiger partial charge in [0.05, 0.1) is 39.5 Å². The summed E-state index contributed by atoms with van der Waals surface area (Å²) in [6.45, 7) is 6.09. The summed E-state index contributed by atoms with van der Waals surface area (Å²) in [6.07, 6.45) is 3.27. The number of benzene rings is 5. The highest BCUT2D eigenvalue weighted by Gasteiger charge is 2.47. The molecule has 0 saturated heterocycles. The highest BCUT2D eigenvalue weighted by atomic mass is 19.4. The molecule has 0 bridgehead atoms. The van der Waals surface area contributed by atoms with Crippen LogP contribution in [0.15, 0.2) is 156 Å². The molecule has 2 aliphatic carbocycles. The van der Waals surface area contributed by atoms with Gasteiger partial charge in [0.2, 0.25) is 0 Å². The van der Waals surface area contributed by atoms with Gasteiger partial charge >= 0.3 is 6.18 Å². The lowest BCUT2D eigenvalue weighted by Gasteiger charge is -2.42. The van der Waals surface area contributed by atoms with E-state index in [1.807, 2.05) is 80.6 Å². The number of nitriles is 2. The van der Waals surface area contributed by atoms with Gasteiger partial charge in [-0.1, -0.05) is 110 Å². The molecule has 4 atom stereocenters. The lowest BCUT2D eigenvalue weighted by atomic mass is 9.66. The van der Waals surface area contributed by atoms with Crippen LogP contribution in [0, 0.1) is 41.4 Å². The Morgan fingerprint density at radius 2 is 1.35 bits per heavy atom. The molecular weight excluding hydrogens is 690 g/mol. The Kier molecular flexibility index (Phi) is 7.78. The molecule has 7 heteroatoms. The Bertz CT molecular complexity index is 2900. The lowest BCUT2D eigenvalue weighted by molar-refractivity contribution is -0.137. The van der Waals surface area contributed by atoms with Crippen molar-refractivity contribution in [2.24, 2.45) is 11.8 Å². The van der Waals surface area contributed by atoms with Crippen molar-refractivity contribution in [2.45, 2.75) is 38.4 Å². The van der Waals surface area contributed by atoms with Gasteiger partial charge in [-0.2, -0.15) is 23.7 Å². The second-order valence-corrected chi connectivity index (χ2v) is 14.9. The number of aromatic nitrogens is 2. The van der Waals surface area contributed by atoms with Crippen molar-refractivity contribution in [1.82, 2.24) is 9.13 Å². The molecule has 4 nitrogen and oxygen atoms in total. The number of halogens is 3. The quantitative estimate of drug-likeness (QED) is 0.181. The molecule has 55 heavy (non-hydrogen) atoms. The van der Waals surface area contributed by atoms with Gasteiger partial charge in [0.1, 0.15) is 12.0 Å². The highest BCUT2D eigenvalue weighted by molar-refractivity contribution is 6.12. The first-order chi connectivity index (χ1) is 26.5. The first-order valence-electron chi connectivity index (χ1n) is 18.4. The molecular formula is C48H35F3N4. The largest absolute Gasteiger partial charge is 0.416 e. The number of alkyl halides is 3. The molecule has 0 spiro atoms. The van der Waals surface area contributed by atoms with E-state index in [4.69, 9.17) is 0 Å². The first-order valence-corrected chi connectivity index (χ1v) is 18.4. The third-order valence-electron chi connectivity index (χ3n) is 11.7. The molecule has 0 amide bonds. The van der Waals surface area contributed by atoms with E-state index in [0.29, 0.717) is 22.4 Å². The van der Waals surface area contributed by atoms with Crippen molar-refractivity contribution in [3.8, 4) is 12.1 Å². The smallest absolute Gasteiger partial charge is 0.329 e. The van der Waals surface area contributed by atoms with Gasteiger partial charge in [0, 0.05) is 44.1 Å². The summed E-state index contributed by atoms with van der Waals surface area (Å²) in [5, 5.41) is 27.0. The first kappa shape index (κ1) is 34.2. The van der Waals surface area contributed by atoms with Crippen LogP contribution in [0.1, 0.15) is 36.5 Å². The third kappa shape index (κ3) is 5.11. The van der Waals surface area contributed by atoms with Crippen LogP contribution >= 0.6 is 0 Å². The van der Waals surface area contributed by atoms with Gasteiger partial charge in [-0.05, 0) is 73.4 Å². The Hall–Kier alpha value is -6.57. The van der Waals surface area contributed by atoms with Crippen LogP contribution in [0.5, 0.6) is 0 Å². The van der Waals surface area contributed by atoms with Crippen LogP contribution in [-0.4, -0.2) is 9.13 Å². The van der Waals surface area contributed by atoms with E-state index in [0.717, 1.165) is 60.8 Å². The zero-order valence-electron chi connectivity index (χ0n) is 30.4. The molecule has 0 fully saturated rings. The molecule has 5 aromatic carbocycles. The molecule has 2 heterocycles. The van der Waals surface area contributed by atoms with Crippen molar-refractivity contribution in [2.75, 3.05) is 0 Å². The zero-order valence-corrected chi connectivity index (χ0v) is 30.4. The maximum absolute atomic E-state index is 14.0. The van der Waals surface area contributed by atoms with Crippen LogP contribution in [0.3, 0.4) is 0 Å². The van der Waals surface area contributed by atoms with Gasteiger partial charge in [-0.25, -0.2) is 0 Å². The number of fused-ring (bicyclic) bond motifs is 6. The summed E-state index contributed by atoms with van der Waals surface area (Å²) in [7, 11) is 0. The maximum atomic E-state index is 14.0. The van der Waals surface area contributed by atoms with Crippen LogP contribution in [-0.2, 0) is 11.7 Å². The minimum atomic E-state index is -4.49. The van der Waals surface area contributed by atoms with E-state index < -0.39 is 29.1 Å². The Balaban J connectivity index is 1.37. The molecule has 4 unspecified atom stereocenters. The summed E-state index contributed by atoms with van der Waals surface area (Å²) in [5.74, 6) is -1.61. The minimum Gasteiger partial charge on any atom is -0.329 e. The van der Waals surface area contributed by atoms with Gasteiger partial charge < -0.3 is 9.13 Å². The second-order valence-electron chi connectivity index (χ2n) is 14.9. The number of hydrogen-bond acceptors (Lipinski definition) is 2. The summed E-state index contributed by atoms with van der Waals surface area (Å²) < 4.78 is 46.3. The topological polar surface area (TPSA) is 57.4 Å². The fourth-order valence-electron chi connectivity index (χ4n) is 9.25. The maximum Gasteiger partial charge on any atom is 0.416 e. The van der Waals surface area contributed by atoms with Crippen molar-refractivity contribution < 1.29 is 13.2 Å². The lowest BCUT2D eigenvalue weighted by Crippen LogP contribution is -2.41. The number of rotatable bonds is 4. The van der Waals surface area contributed by atoms with E-state index in [2.05, 4.69) is 76.7 Å². The normalized spacial score (nSPS) is 21.6. The Morgan fingerprint density at radius 3 is 1.98 bits per heavy atom. The molecule has 9 rings (SSSR count). The minimum absolute atomic E-state index is 0.356. The van der Waals surface area contributed by atoms with Crippen molar-refractivity contribution in [3.05, 3.63) is 173 Å². The van der Waals surface area contributed by atoms with Crippen LogP contribution in [0.2, 0.25) is 0 Å². The fraction of sp³-hybridized carbons (Fsp3) is 0.167. The Morgan fingerprint density at radius 1 is 0.727 bits per heavy atom. The van der Waals surface area contributed by atoms with Gasteiger partial charge in [-0.15, -0.1) is 0 Å². The van der Waals surface area contributed by atoms with Gasteiger partial charge in [0.25, 0.3) is 0 Å². The summed E-state index contributed by atoms with van der Waals surface area (Å²) in [4.78, 5) is 0. The number of hydrogen-bond donors (Lipinski definition) is 0. The number of aryl methyl sites for hydroxylation is 1. The standard InChI is InChI=1S/C48H35F3N4/c1-29-22-23-42-39(24-29)38-16-4-7-19-41(38)54(42)46-32(27-52)26-47(3,55-43-20-8-5-14-36(43)37-15-6-9-21-44(37)55)40(28-53)45(46)35-18-11-17-34(30(35)2)31-12-10-13-33(25-31)48(49,50)51/h4-26,30,34,40H,1-3H3. The SMILES string of the molecule is Cc1ccc2c(c1)c1ccccc1n2C1=C(C2=CC=CC(c3cccc(C(F)(F)F)c3)C2C)C(C#N)C(C)(n2c3ccccc3c3ccccc32)C=C1C#N. The van der Waals surface area contributed by atoms with Crippen LogP contribution in [0.4, 0.5) is 13.2 Å². The highest BCUT2D eigenvalue weighted by Crippen LogP contribution is 2.53. The van der Waals surface area contributed by atoms with E-state index >= 15 is 0 Å². The molecule has 7 aromatic rings. The molecule has 0 radical (unpaired) electrons. The average molecular weight is 725 g/mol. The fourth-order valence-corrected chi connectivity index (χ4v) is 9.25. The summed E-state index contributed by atoms with van der Waals surface area (Å²) in [5.41, 5.74) is 6.01. The van der Waals surface area contributed by atoms with Gasteiger partial charge in [-0.3, -0.25) is 0 Å². The van der Waals surface area contributed by atoms with E-state index in [1.54, 1.807) is 6.07 Å². The van der Waals surface area contributed by atoms with Gasteiger partial charge in [0.15, 0.2) is 0 Å². The zero-order chi connectivity index (χ0) is 38.2. The number of allylic oxidation sites excluding steroid dienone is 8. The predicted octanol–water partition coefficient (Wildman–Crippen LogP) is 12.4. The van der Waals surface area contributed by atoms with E-state index in [-0.39, 0.29) is 5.92 Å². The number of para-hydroxylation sites is 3. The van der Waals surface area contributed by atoms with E-state index in [1.165, 1.54) is 12.1 Å². The third-order valence-corrected chi connectivity index (χ3v) is 11.7. The van der Waals surface area contributed by atoms with Crippen molar-refractivity contribution in [3.63, 3.8) is 0 Å². The molecule has 0 aliphatic heterocycles. The average Bonchev–Trinajstić information content (AvgIpc) is 3.70. The van der Waals surface area contributed by atoms with Crippen LogP contribution in [0.25, 0.3) is 49.3 Å². The monoisotopic (exact) mass is 724 g/mol. The second kappa shape index (κ2) is 12.5. The molecule has 2 aromatic heterocycles. The predicted molar refractivity (Wildman–Crippen MR) is 214 cm³/mol. The Labute approximate surface area is 316 Å². The van der Waals surface area contributed by atoms with Crippen LogP contribution < -0.4 is 0 Å². The number of nitrogens with zero attached hydrogens (tertiary/aromatic N) is 4. The van der Waals surface area contributed by atoms with E-state index in [9.17, 15) is 23.7 Å². The molecule has 0 saturated carbocycles. The summed E-state index contributed by atoms with van der Waals surface area (Å²) >= 11 is 0.